The van der Waals surface area contributed by atoms with Crippen molar-refractivity contribution >= 4 is 45.0 Å². The lowest BCUT2D eigenvalue weighted by Crippen LogP contribution is -2.29. The number of carbonyl (C=O) groups excluding carboxylic acids is 2. The number of nitrogens with two attached hydrogens (primary N) is 1. The highest BCUT2D eigenvalue weighted by Crippen LogP contribution is 2.29. The van der Waals surface area contributed by atoms with E-state index in [9.17, 15) is 18.0 Å². The van der Waals surface area contributed by atoms with Crippen molar-refractivity contribution in [1.82, 2.24) is 14.7 Å². The first-order valence-electron chi connectivity index (χ1n) is 9.81. The smallest absolute Gasteiger partial charge is 0.342 e. The summed E-state index contributed by atoms with van der Waals surface area (Å²) >= 11 is 0. The molecule has 3 N–H and O–H groups in total. The molecule has 0 radical (unpaired) electrons. The van der Waals surface area contributed by atoms with Gasteiger partial charge in [0.05, 0.1) is 12.0 Å². The average molecular weight is 474 g/mol. The van der Waals surface area contributed by atoms with Gasteiger partial charge in [-0.3, -0.25) is 4.79 Å². The Morgan fingerprint density at radius 2 is 1.91 bits per heavy atom. The number of rotatable bonds is 9. The third-order valence-electron chi connectivity index (χ3n) is 4.30. The molecule has 0 spiro atoms. The molecule has 2 heterocycles. The van der Waals surface area contributed by atoms with Gasteiger partial charge >= 0.3 is 11.9 Å². The maximum Gasteiger partial charge on any atom is 0.342 e. The van der Waals surface area contributed by atoms with Crippen LogP contribution < -0.4 is 10.5 Å². The molecule has 0 saturated carbocycles. The van der Waals surface area contributed by atoms with Gasteiger partial charge in [-0.2, -0.15) is 4.98 Å². The largest absolute Gasteiger partial charge is 0.462 e. The number of carbonyl (C=O) groups is 2. The second kappa shape index (κ2) is 10.2. The van der Waals surface area contributed by atoms with E-state index in [1.54, 1.807) is 38.1 Å². The number of aryl methyl sites for hydroxylation is 1. The van der Waals surface area contributed by atoms with Crippen LogP contribution in [0.25, 0.3) is 17.2 Å². The fourth-order valence-electron chi connectivity index (χ4n) is 2.83. The van der Waals surface area contributed by atoms with Crippen molar-refractivity contribution in [3.05, 3.63) is 58.5 Å². The number of ether oxygens (including phenoxy) is 2. The van der Waals surface area contributed by atoms with Crippen LogP contribution >= 0.6 is 0 Å². The Morgan fingerprint density at radius 3 is 2.61 bits per heavy atom. The summed E-state index contributed by atoms with van der Waals surface area (Å²) in [5.41, 5.74) is 6.81. The lowest BCUT2D eigenvalue weighted by Gasteiger charge is -2.06. The van der Waals surface area contributed by atoms with E-state index in [-0.39, 0.29) is 47.3 Å². The fraction of sp³-hybridized carbons (Fsp3) is 0.238. The number of sulfonamides is 1. The fourth-order valence-corrected chi connectivity index (χ4v) is 3.58. The number of benzene rings is 1. The summed E-state index contributed by atoms with van der Waals surface area (Å²) < 4.78 is 41.6. The first-order valence-corrected chi connectivity index (χ1v) is 11.4. The Morgan fingerprint density at radius 1 is 1.18 bits per heavy atom. The van der Waals surface area contributed by atoms with Crippen molar-refractivity contribution in [3.8, 4) is 0 Å². The Labute approximate surface area is 189 Å². The summed E-state index contributed by atoms with van der Waals surface area (Å²) in [6.45, 7) is 2.43. The van der Waals surface area contributed by atoms with Crippen molar-refractivity contribution in [2.45, 2.75) is 20.5 Å². The molecule has 0 saturated heterocycles. The number of nitrogen functional groups attached to an aromatic ring is 1. The van der Waals surface area contributed by atoms with Crippen molar-refractivity contribution < 1.29 is 31.9 Å². The number of hydrogen-bond acceptors (Lipinski definition) is 10. The topological polar surface area (TPSA) is 164 Å². The summed E-state index contributed by atoms with van der Waals surface area (Å²) in [5.74, 6) is -1.23. The van der Waals surface area contributed by atoms with E-state index in [4.69, 9.17) is 19.6 Å². The number of hydrogen-bond donors (Lipinski definition) is 2. The molecule has 12 heteroatoms. The van der Waals surface area contributed by atoms with Crippen LogP contribution in [0.2, 0.25) is 0 Å². The van der Waals surface area contributed by atoms with Gasteiger partial charge in [-0.15, -0.1) is 0 Å². The zero-order chi connectivity index (χ0) is 24.0. The second-order valence-electron chi connectivity index (χ2n) is 6.70. The van der Waals surface area contributed by atoms with E-state index < -0.39 is 28.5 Å². The van der Waals surface area contributed by atoms with Gasteiger partial charge in [-0.25, -0.2) is 22.9 Å². The van der Waals surface area contributed by atoms with E-state index in [1.165, 1.54) is 6.08 Å². The van der Waals surface area contributed by atoms with Gasteiger partial charge < -0.3 is 19.6 Å². The number of aromatic nitrogens is 2. The molecular weight excluding hydrogens is 452 g/mol. The zero-order valence-corrected chi connectivity index (χ0v) is 18.7. The molecule has 174 valence electrons. The van der Waals surface area contributed by atoms with Crippen LogP contribution in [0.4, 0.5) is 5.82 Å². The quantitative estimate of drug-likeness (QED) is 0.438. The van der Waals surface area contributed by atoms with Crippen LogP contribution in [0, 0.1) is 6.92 Å². The van der Waals surface area contributed by atoms with Gasteiger partial charge in [-0.05, 0) is 25.5 Å². The van der Waals surface area contributed by atoms with Crippen LogP contribution in [-0.2, 0) is 30.9 Å². The van der Waals surface area contributed by atoms with Gasteiger partial charge in [0.15, 0.2) is 12.4 Å². The Balaban J connectivity index is 1.61. The summed E-state index contributed by atoms with van der Waals surface area (Å²) in [4.78, 5) is 32.3. The van der Waals surface area contributed by atoms with Gasteiger partial charge in [0.1, 0.15) is 23.7 Å². The van der Waals surface area contributed by atoms with E-state index in [2.05, 4.69) is 14.7 Å². The highest BCUT2D eigenvalue weighted by atomic mass is 32.2. The standard InChI is InChI=1S/C21H22N4O7S/c1-3-30-21(27)17-13(2)32-20-18(17)19(22)24-15(25-20)12-31-16(26)11-23-33(28,29)10-9-14-7-5-4-6-8-14/h4-10,23H,3,11-12H2,1-2H3,(H2,22,24,25)/b10-9+. The van der Waals surface area contributed by atoms with Gasteiger partial charge in [-0.1, -0.05) is 30.3 Å². The second-order valence-corrected chi connectivity index (χ2v) is 8.35. The number of esters is 2. The molecule has 0 atom stereocenters. The Kier molecular flexibility index (Phi) is 7.41. The van der Waals surface area contributed by atoms with Crippen LogP contribution in [0.5, 0.6) is 0 Å². The predicted molar refractivity (Wildman–Crippen MR) is 119 cm³/mol. The molecule has 1 aromatic carbocycles. The predicted octanol–water partition coefficient (Wildman–Crippen LogP) is 1.92. The monoisotopic (exact) mass is 474 g/mol. The van der Waals surface area contributed by atoms with Crippen LogP contribution in [0.15, 0.2) is 40.2 Å². The summed E-state index contributed by atoms with van der Waals surface area (Å²) in [7, 11) is -3.85. The minimum absolute atomic E-state index is 0.0179. The first-order chi connectivity index (χ1) is 15.7. The molecule has 0 fully saturated rings. The molecule has 3 rings (SSSR count). The zero-order valence-electron chi connectivity index (χ0n) is 17.9. The Hall–Kier alpha value is -3.77. The molecule has 0 aliphatic rings. The van der Waals surface area contributed by atoms with Crippen molar-refractivity contribution in [1.29, 1.82) is 0 Å². The Bertz CT molecular complexity index is 1300. The minimum atomic E-state index is -3.85. The third kappa shape index (κ3) is 6.14. The van der Waals surface area contributed by atoms with Crippen molar-refractivity contribution in [3.63, 3.8) is 0 Å². The molecule has 3 aromatic rings. The van der Waals surface area contributed by atoms with Crippen LogP contribution in [0.3, 0.4) is 0 Å². The van der Waals surface area contributed by atoms with Crippen molar-refractivity contribution in [2.75, 3.05) is 18.9 Å². The number of anilines is 1. The molecule has 11 nitrogen and oxygen atoms in total. The van der Waals surface area contributed by atoms with Crippen LogP contribution in [0.1, 0.15) is 34.4 Å². The van der Waals surface area contributed by atoms with Gasteiger partial charge in [0, 0.05) is 5.41 Å². The first kappa shape index (κ1) is 23.9. The minimum Gasteiger partial charge on any atom is -0.462 e. The van der Waals surface area contributed by atoms with Gasteiger partial charge in [0.25, 0.3) is 0 Å². The molecule has 0 aliphatic heterocycles. The molecular formula is C21H22N4O7S. The highest BCUT2D eigenvalue weighted by Gasteiger charge is 2.24. The number of furan rings is 1. The number of nitrogens with one attached hydrogen (secondary N) is 1. The summed E-state index contributed by atoms with van der Waals surface area (Å²) in [6.07, 6.45) is 1.40. The highest BCUT2D eigenvalue weighted by molar-refractivity contribution is 7.92. The summed E-state index contributed by atoms with van der Waals surface area (Å²) in [5, 5.41) is 1.16. The number of fused-ring (bicyclic) bond motifs is 1. The number of nitrogens with zero attached hydrogens (tertiary/aromatic N) is 2. The summed E-state index contributed by atoms with van der Waals surface area (Å²) in [6, 6.07) is 8.81. The lowest BCUT2D eigenvalue weighted by molar-refractivity contribution is -0.143. The molecule has 2 aromatic heterocycles. The van der Waals surface area contributed by atoms with E-state index in [0.29, 0.717) is 5.56 Å². The molecule has 0 unspecified atom stereocenters. The van der Waals surface area contributed by atoms with Gasteiger partial charge in [0.2, 0.25) is 15.7 Å². The molecule has 0 bridgehead atoms. The van der Waals surface area contributed by atoms with Crippen LogP contribution in [-0.4, -0.2) is 43.5 Å². The SMILES string of the molecule is CCOC(=O)c1c(C)oc2nc(COC(=O)CNS(=O)(=O)/C=C/c3ccccc3)nc(N)c12. The average Bonchev–Trinajstić information content (AvgIpc) is 3.12. The van der Waals surface area contributed by atoms with E-state index >= 15 is 0 Å². The maximum absolute atomic E-state index is 12.1. The normalized spacial score (nSPS) is 11.7. The maximum atomic E-state index is 12.1. The molecule has 33 heavy (non-hydrogen) atoms. The van der Waals surface area contributed by atoms with E-state index in [0.717, 1.165) is 5.41 Å². The molecule has 0 amide bonds. The molecule has 0 aliphatic carbocycles. The third-order valence-corrected chi connectivity index (χ3v) is 5.34. The van der Waals surface area contributed by atoms with Crippen molar-refractivity contribution in [2.24, 2.45) is 0 Å². The lowest BCUT2D eigenvalue weighted by atomic mass is 10.2. The van der Waals surface area contributed by atoms with E-state index in [1.807, 2.05) is 6.07 Å².